The number of benzene rings is 1. The van der Waals surface area contributed by atoms with E-state index in [0.29, 0.717) is 18.7 Å². The van der Waals surface area contributed by atoms with E-state index in [-0.39, 0.29) is 30.9 Å². The fraction of sp³-hybridized carbons (Fsp3) is 0.619. The third kappa shape index (κ3) is 11.1. The van der Waals surface area contributed by atoms with E-state index in [0.717, 1.165) is 32.1 Å². The number of ether oxygens (including phenoxy) is 1. The Morgan fingerprint density at radius 2 is 1.42 bits per heavy atom. The first-order valence-corrected chi connectivity index (χ1v) is 10.1. The van der Waals surface area contributed by atoms with Crippen molar-refractivity contribution in [3.8, 4) is 0 Å². The van der Waals surface area contributed by atoms with Gasteiger partial charge in [0.1, 0.15) is 0 Å². The van der Waals surface area contributed by atoms with Gasteiger partial charge in [-0.05, 0) is 36.6 Å². The van der Waals surface area contributed by atoms with Crippen molar-refractivity contribution in [3.05, 3.63) is 34.9 Å². The van der Waals surface area contributed by atoms with Crippen LogP contribution < -0.4 is 5.32 Å². The second-order valence-corrected chi connectivity index (χ2v) is 7.18. The van der Waals surface area contributed by atoms with Gasteiger partial charge in [0.05, 0.1) is 17.7 Å². The molecule has 0 aromatic heterocycles. The fourth-order valence-corrected chi connectivity index (χ4v) is 2.77. The maximum Gasteiger partial charge on any atom is 0.416 e. The zero-order chi connectivity index (χ0) is 23.5. The maximum atomic E-state index is 12.8. The number of unbranched alkanes of at least 4 members (excludes halogenated alkanes) is 4. The van der Waals surface area contributed by atoms with Crippen LogP contribution in [0.25, 0.3) is 0 Å². The number of hydrogen-bond donors (Lipinski definition) is 1. The predicted molar refractivity (Wildman–Crippen MR) is 102 cm³/mol. The quantitative estimate of drug-likeness (QED) is 0.238. The van der Waals surface area contributed by atoms with Gasteiger partial charge in [0.25, 0.3) is 0 Å². The summed E-state index contributed by atoms with van der Waals surface area (Å²) in [5.74, 6) is -1.03. The smallest absolute Gasteiger partial charge is 0.416 e. The normalized spacial score (nSPS) is 12.0. The van der Waals surface area contributed by atoms with E-state index < -0.39 is 41.9 Å². The van der Waals surface area contributed by atoms with E-state index in [2.05, 4.69) is 12.2 Å². The van der Waals surface area contributed by atoms with Crippen molar-refractivity contribution in [1.29, 1.82) is 0 Å². The lowest BCUT2D eigenvalue weighted by atomic mass is 10.0. The minimum atomic E-state index is -4.95. The molecule has 0 aliphatic rings. The Kier molecular flexibility index (Phi) is 10.8. The van der Waals surface area contributed by atoms with E-state index in [1.165, 1.54) is 0 Å². The molecule has 1 aromatic carbocycles. The van der Waals surface area contributed by atoms with Crippen molar-refractivity contribution in [2.45, 2.75) is 77.2 Å². The second-order valence-electron chi connectivity index (χ2n) is 7.18. The first-order chi connectivity index (χ1) is 14.4. The van der Waals surface area contributed by atoms with Crippen molar-refractivity contribution in [2.75, 3.05) is 6.61 Å². The molecule has 31 heavy (non-hydrogen) atoms. The molecular formula is C21H27F6NO3. The number of rotatable bonds is 12. The fourth-order valence-electron chi connectivity index (χ4n) is 2.77. The van der Waals surface area contributed by atoms with Gasteiger partial charge in [0, 0.05) is 19.4 Å². The largest absolute Gasteiger partial charge is 0.466 e. The molecule has 10 heteroatoms. The molecule has 0 atom stereocenters. The lowest BCUT2D eigenvalue weighted by Crippen LogP contribution is -2.23. The van der Waals surface area contributed by atoms with Gasteiger partial charge in [-0.2, -0.15) is 26.3 Å². The molecule has 4 nitrogen and oxygen atoms in total. The molecule has 0 radical (unpaired) electrons. The lowest BCUT2D eigenvalue weighted by Gasteiger charge is -2.14. The van der Waals surface area contributed by atoms with Gasteiger partial charge in [-0.1, -0.05) is 32.6 Å². The van der Waals surface area contributed by atoms with Crippen LogP contribution in [0.5, 0.6) is 0 Å². The molecule has 0 heterocycles. The average molecular weight is 455 g/mol. The highest BCUT2D eigenvalue weighted by Gasteiger charge is 2.36. The number of amides is 1. The first kappa shape index (κ1) is 26.8. The summed E-state index contributed by atoms with van der Waals surface area (Å²) in [5, 5.41) is 2.28. The highest BCUT2D eigenvalue weighted by Crippen LogP contribution is 2.36. The van der Waals surface area contributed by atoms with Crippen LogP contribution in [0.3, 0.4) is 0 Å². The number of halogens is 6. The number of alkyl halides is 6. The minimum Gasteiger partial charge on any atom is -0.466 e. The number of hydrogen-bond acceptors (Lipinski definition) is 3. The summed E-state index contributed by atoms with van der Waals surface area (Å²) in [6, 6.07) is 1.15. The summed E-state index contributed by atoms with van der Waals surface area (Å²) < 4.78 is 82.1. The van der Waals surface area contributed by atoms with E-state index in [1.54, 1.807) is 0 Å². The summed E-state index contributed by atoms with van der Waals surface area (Å²) in [7, 11) is 0. The van der Waals surface area contributed by atoms with Crippen molar-refractivity contribution in [2.24, 2.45) is 0 Å². The molecule has 0 fully saturated rings. The van der Waals surface area contributed by atoms with E-state index in [9.17, 15) is 35.9 Å². The molecule has 0 saturated heterocycles. The van der Waals surface area contributed by atoms with Crippen molar-refractivity contribution in [1.82, 2.24) is 5.32 Å². The Bertz CT molecular complexity index is 684. The molecule has 0 bridgehead atoms. The van der Waals surface area contributed by atoms with Crippen molar-refractivity contribution >= 4 is 11.9 Å². The Morgan fingerprint density at radius 3 is 1.97 bits per heavy atom. The van der Waals surface area contributed by atoms with Gasteiger partial charge < -0.3 is 10.1 Å². The topological polar surface area (TPSA) is 55.4 Å². The van der Waals surface area contributed by atoms with Crippen LogP contribution in [-0.2, 0) is 33.2 Å². The molecule has 0 saturated carbocycles. The molecular weight excluding hydrogens is 428 g/mol. The average Bonchev–Trinajstić information content (AvgIpc) is 2.67. The molecule has 0 spiro atoms. The summed E-state index contributed by atoms with van der Waals surface area (Å²) in [5.41, 5.74) is -3.20. The van der Waals surface area contributed by atoms with Crippen LogP contribution in [-0.4, -0.2) is 18.5 Å². The third-order valence-corrected chi connectivity index (χ3v) is 4.43. The van der Waals surface area contributed by atoms with Crippen molar-refractivity contribution < 1.29 is 40.7 Å². The summed E-state index contributed by atoms with van der Waals surface area (Å²) >= 11 is 0. The van der Waals surface area contributed by atoms with E-state index in [4.69, 9.17) is 4.74 Å². The molecule has 176 valence electrons. The molecule has 1 aromatic rings. The monoisotopic (exact) mass is 455 g/mol. The molecule has 1 amide bonds. The van der Waals surface area contributed by atoms with E-state index in [1.807, 2.05) is 0 Å². The molecule has 1 N–H and O–H groups in total. The van der Waals surface area contributed by atoms with E-state index >= 15 is 0 Å². The zero-order valence-electron chi connectivity index (χ0n) is 17.3. The van der Waals surface area contributed by atoms with Gasteiger partial charge in [-0.3, -0.25) is 9.59 Å². The van der Waals surface area contributed by atoms with Crippen molar-refractivity contribution in [3.63, 3.8) is 0 Å². The van der Waals surface area contributed by atoms with Gasteiger partial charge >= 0.3 is 18.3 Å². The highest BCUT2D eigenvalue weighted by molar-refractivity contribution is 5.77. The maximum absolute atomic E-state index is 12.8. The van der Waals surface area contributed by atoms with Crippen LogP contribution in [0.1, 0.15) is 75.0 Å². The molecule has 0 unspecified atom stereocenters. The number of esters is 1. The van der Waals surface area contributed by atoms with Crippen LogP contribution in [0.2, 0.25) is 0 Å². The Balaban J connectivity index is 2.43. The summed E-state index contributed by atoms with van der Waals surface area (Å²) in [6.45, 7) is 1.91. The molecule has 0 aliphatic carbocycles. The number of carbonyl (C=O) groups excluding carboxylic acids is 2. The molecule has 1 rings (SSSR count). The van der Waals surface area contributed by atoms with Crippen LogP contribution in [0.4, 0.5) is 26.3 Å². The minimum absolute atomic E-state index is 0.00413. The first-order valence-electron chi connectivity index (χ1n) is 10.1. The van der Waals surface area contributed by atoms with Gasteiger partial charge in [-0.25, -0.2) is 0 Å². The van der Waals surface area contributed by atoms with Crippen LogP contribution >= 0.6 is 0 Å². The number of carbonyl (C=O) groups is 2. The van der Waals surface area contributed by atoms with Crippen LogP contribution in [0.15, 0.2) is 18.2 Å². The van der Waals surface area contributed by atoms with Gasteiger partial charge in [0.2, 0.25) is 5.91 Å². The highest BCUT2D eigenvalue weighted by atomic mass is 19.4. The van der Waals surface area contributed by atoms with Gasteiger partial charge in [0.15, 0.2) is 0 Å². The molecule has 0 aliphatic heterocycles. The Hall–Kier alpha value is -2.26. The summed E-state index contributed by atoms with van der Waals surface area (Å²) in [4.78, 5) is 23.4. The summed E-state index contributed by atoms with van der Waals surface area (Å²) in [6.07, 6.45) is -4.78. The Morgan fingerprint density at radius 1 is 0.839 bits per heavy atom. The standard InChI is InChI=1S/C21H27F6NO3/c1-2-3-4-5-6-10-31-19(30)9-7-8-18(29)28-14-15-11-16(20(22,23)24)13-17(12-15)21(25,26)27/h11-13H,2-10,14H2,1H3,(H,28,29). The third-order valence-electron chi connectivity index (χ3n) is 4.43. The van der Waals surface area contributed by atoms with Gasteiger partial charge in [-0.15, -0.1) is 0 Å². The predicted octanol–water partition coefficient (Wildman–Crippen LogP) is 6.02. The number of nitrogens with one attached hydrogen (secondary N) is 1. The SMILES string of the molecule is CCCCCCCOC(=O)CCCC(=O)NCc1cc(C(F)(F)F)cc(C(F)(F)F)c1. The second kappa shape index (κ2) is 12.6. The lowest BCUT2D eigenvalue weighted by molar-refractivity contribution is -0.144. The van der Waals surface area contributed by atoms with Crippen LogP contribution in [0, 0.1) is 0 Å². The Labute approximate surface area is 177 Å². The zero-order valence-corrected chi connectivity index (χ0v) is 17.3.